The topological polar surface area (TPSA) is 105 Å². The van der Waals surface area contributed by atoms with Gasteiger partial charge in [-0.2, -0.15) is 0 Å². The van der Waals surface area contributed by atoms with Gasteiger partial charge in [0.2, 0.25) is 5.91 Å². The van der Waals surface area contributed by atoms with Crippen LogP contribution in [0.4, 0.5) is 0 Å². The number of ether oxygens (including phenoxy) is 3. The van der Waals surface area contributed by atoms with Gasteiger partial charge in [-0.15, -0.1) is 0 Å². The average Bonchev–Trinajstić information content (AvgIpc) is 3.21. The molecule has 0 saturated carbocycles. The van der Waals surface area contributed by atoms with Crippen LogP contribution in [0.25, 0.3) is 11.1 Å². The Morgan fingerprint density at radius 2 is 1.78 bits per heavy atom. The third kappa shape index (κ3) is 7.04. The molecule has 1 amide bonds. The second kappa shape index (κ2) is 11.3. The lowest BCUT2D eigenvalue weighted by atomic mass is 9.94. The number of fused-ring (bicyclic) bond motifs is 1. The van der Waals surface area contributed by atoms with Gasteiger partial charge in [0.15, 0.2) is 0 Å². The number of carbonyl (C=O) groups is 1. The zero-order chi connectivity index (χ0) is 26.6. The summed E-state index contributed by atoms with van der Waals surface area (Å²) in [5.74, 6) is 1.96. The van der Waals surface area contributed by atoms with Gasteiger partial charge in [-0.3, -0.25) is 4.79 Å². The number of primary amides is 1. The van der Waals surface area contributed by atoms with Crippen molar-refractivity contribution in [1.29, 1.82) is 0 Å². The van der Waals surface area contributed by atoms with Crippen molar-refractivity contribution < 1.29 is 27.4 Å². The Bertz CT molecular complexity index is 1380. The Labute approximate surface area is 218 Å². The van der Waals surface area contributed by atoms with Gasteiger partial charge in [0, 0.05) is 30.2 Å². The van der Waals surface area contributed by atoms with E-state index in [1.54, 1.807) is 0 Å². The van der Waals surface area contributed by atoms with Crippen LogP contribution < -0.4 is 19.9 Å². The Morgan fingerprint density at radius 3 is 2.49 bits per heavy atom. The lowest BCUT2D eigenvalue weighted by Crippen LogP contribution is -2.16. The van der Waals surface area contributed by atoms with Gasteiger partial charge < -0.3 is 19.9 Å². The lowest BCUT2D eigenvalue weighted by Gasteiger charge is -2.15. The van der Waals surface area contributed by atoms with Crippen LogP contribution in [0.15, 0.2) is 54.6 Å². The number of aryl methyl sites for hydroxylation is 2. The Kier molecular flexibility index (Phi) is 8.07. The standard InChI is InChI=1S/C29H33NO6S/c1-19-12-25(34-10-5-11-37(3,32)33)13-20(2)29(19)22-7-4-6-21(14-22)17-35-24-8-9-26-23(15-28(30)31)18-36-27(26)16-24/h4,6-9,12-14,16,23H,5,10-11,15,17-18H2,1-3H3,(H2,30,31). The summed E-state index contributed by atoms with van der Waals surface area (Å²) in [6.07, 6.45) is 1.97. The van der Waals surface area contributed by atoms with Crippen molar-refractivity contribution in [3.05, 3.63) is 76.9 Å². The van der Waals surface area contributed by atoms with E-state index < -0.39 is 9.84 Å². The zero-order valence-corrected chi connectivity index (χ0v) is 22.3. The average molecular weight is 524 g/mol. The molecule has 37 heavy (non-hydrogen) atoms. The van der Waals surface area contributed by atoms with Crippen LogP contribution in [0.1, 0.15) is 41.0 Å². The van der Waals surface area contributed by atoms with Crippen molar-refractivity contribution in [2.24, 2.45) is 5.73 Å². The van der Waals surface area contributed by atoms with E-state index in [9.17, 15) is 13.2 Å². The fraction of sp³-hybridized carbons (Fsp3) is 0.345. The molecule has 1 unspecified atom stereocenters. The van der Waals surface area contributed by atoms with Gasteiger partial charge in [-0.1, -0.05) is 24.3 Å². The van der Waals surface area contributed by atoms with E-state index in [1.807, 2.05) is 56.3 Å². The molecule has 3 aromatic rings. The van der Waals surface area contributed by atoms with E-state index >= 15 is 0 Å². The number of amides is 1. The van der Waals surface area contributed by atoms with E-state index in [4.69, 9.17) is 19.9 Å². The first-order valence-electron chi connectivity index (χ1n) is 12.3. The maximum Gasteiger partial charge on any atom is 0.218 e. The number of hydrogen-bond acceptors (Lipinski definition) is 6. The smallest absolute Gasteiger partial charge is 0.218 e. The summed E-state index contributed by atoms with van der Waals surface area (Å²) in [4.78, 5) is 11.3. The van der Waals surface area contributed by atoms with Gasteiger partial charge in [-0.25, -0.2) is 8.42 Å². The first-order valence-corrected chi connectivity index (χ1v) is 14.3. The van der Waals surface area contributed by atoms with Crippen LogP contribution in [-0.4, -0.2) is 39.5 Å². The highest BCUT2D eigenvalue weighted by atomic mass is 32.2. The first-order chi connectivity index (χ1) is 17.6. The maximum absolute atomic E-state index is 11.3. The maximum atomic E-state index is 11.3. The normalized spacial score (nSPS) is 14.6. The lowest BCUT2D eigenvalue weighted by molar-refractivity contribution is -0.118. The van der Waals surface area contributed by atoms with Gasteiger partial charge in [0.05, 0.1) is 19.0 Å². The molecule has 3 aromatic carbocycles. The SMILES string of the molecule is Cc1cc(OCCCS(C)(=O)=O)cc(C)c1-c1cccc(COc2ccc3c(c2)OCC3CC(N)=O)c1. The molecule has 0 aliphatic carbocycles. The zero-order valence-electron chi connectivity index (χ0n) is 21.5. The summed E-state index contributed by atoms with van der Waals surface area (Å²) >= 11 is 0. The summed E-state index contributed by atoms with van der Waals surface area (Å²) in [5, 5.41) is 0. The van der Waals surface area contributed by atoms with Crippen molar-refractivity contribution in [2.45, 2.75) is 39.2 Å². The van der Waals surface area contributed by atoms with Crippen LogP contribution in [0.3, 0.4) is 0 Å². The minimum absolute atomic E-state index is 0.00557. The van der Waals surface area contributed by atoms with Gasteiger partial charge >= 0.3 is 0 Å². The molecule has 0 fully saturated rings. The van der Waals surface area contributed by atoms with E-state index in [1.165, 1.54) is 6.26 Å². The number of sulfone groups is 1. The molecule has 1 atom stereocenters. The van der Waals surface area contributed by atoms with Gasteiger partial charge in [-0.05, 0) is 72.4 Å². The summed E-state index contributed by atoms with van der Waals surface area (Å²) < 4.78 is 40.2. The number of hydrogen-bond donors (Lipinski definition) is 1. The van der Waals surface area contributed by atoms with Gasteiger partial charge in [0.1, 0.15) is 33.7 Å². The molecule has 196 valence electrons. The molecule has 4 rings (SSSR count). The molecule has 1 aliphatic rings. The van der Waals surface area contributed by atoms with E-state index in [0.717, 1.165) is 44.9 Å². The van der Waals surface area contributed by atoms with Crippen molar-refractivity contribution in [2.75, 3.05) is 25.2 Å². The van der Waals surface area contributed by atoms with Crippen molar-refractivity contribution in [1.82, 2.24) is 0 Å². The Hall–Kier alpha value is -3.52. The highest BCUT2D eigenvalue weighted by Crippen LogP contribution is 2.38. The van der Waals surface area contributed by atoms with Crippen LogP contribution >= 0.6 is 0 Å². The Morgan fingerprint density at radius 1 is 1.03 bits per heavy atom. The highest BCUT2D eigenvalue weighted by molar-refractivity contribution is 7.90. The molecule has 7 nitrogen and oxygen atoms in total. The highest BCUT2D eigenvalue weighted by Gasteiger charge is 2.26. The third-order valence-corrected chi connectivity index (χ3v) is 7.40. The minimum atomic E-state index is -2.99. The second-order valence-corrected chi connectivity index (χ2v) is 11.9. The van der Waals surface area contributed by atoms with Crippen molar-refractivity contribution >= 4 is 15.7 Å². The molecule has 0 spiro atoms. The summed E-state index contributed by atoms with van der Waals surface area (Å²) in [6, 6.07) is 17.9. The van der Waals surface area contributed by atoms with E-state index in [2.05, 4.69) is 12.1 Å². The predicted molar refractivity (Wildman–Crippen MR) is 144 cm³/mol. The van der Waals surface area contributed by atoms with Crippen LogP contribution in [0.2, 0.25) is 0 Å². The monoisotopic (exact) mass is 523 g/mol. The van der Waals surface area contributed by atoms with Crippen LogP contribution in [0.5, 0.6) is 17.2 Å². The van der Waals surface area contributed by atoms with E-state index in [0.29, 0.717) is 32.0 Å². The summed E-state index contributed by atoms with van der Waals surface area (Å²) in [5.41, 5.74) is 11.8. The molecule has 0 bridgehead atoms. The van der Waals surface area contributed by atoms with Crippen molar-refractivity contribution in [3.8, 4) is 28.4 Å². The number of benzene rings is 3. The quantitative estimate of drug-likeness (QED) is 0.365. The third-order valence-electron chi connectivity index (χ3n) is 6.37. The fourth-order valence-electron chi connectivity index (χ4n) is 4.72. The second-order valence-electron chi connectivity index (χ2n) is 9.63. The molecule has 0 aromatic heterocycles. The number of rotatable bonds is 11. The van der Waals surface area contributed by atoms with Crippen LogP contribution in [0, 0.1) is 13.8 Å². The van der Waals surface area contributed by atoms with Crippen LogP contribution in [-0.2, 0) is 21.2 Å². The fourth-order valence-corrected chi connectivity index (χ4v) is 5.36. The largest absolute Gasteiger partial charge is 0.494 e. The molecular weight excluding hydrogens is 490 g/mol. The molecule has 1 aliphatic heterocycles. The summed E-state index contributed by atoms with van der Waals surface area (Å²) in [7, 11) is -2.99. The minimum Gasteiger partial charge on any atom is -0.494 e. The predicted octanol–water partition coefficient (Wildman–Crippen LogP) is 4.71. The van der Waals surface area contributed by atoms with Crippen molar-refractivity contribution in [3.63, 3.8) is 0 Å². The van der Waals surface area contributed by atoms with Gasteiger partial charge in [0.25, 0.3) is 0 Å². The molecule has 0 radical (unpaired) electrons. The molecule has 0 saturated heterocycles. The number of nitrogens with two attached hydrogens (primary N) is 1. The molecular formula is C29H33NO6S. The molecule has 8 heteroatoms. The summed E-state index contributed by atoms with van der Waals surface area (Å²) in [6.45, 7) is 5.30. The molecule has 1 heterocycles. The first kappa shape index (κ1) is 26.5. The van der Waals surface area contributed by atoms with E-state index in [-0.39, 0.29) is 24.0 Å². The Balaban J connectivity index is 1.42. The number of carbonyl (C=O) groups excluding carboxylic acids is 1. The molecule has 2 N–H and O–H groups in total.